The highest BCUT2D eigenvalue weighted by Gasteiger charge is 2.26. The molecule has 0 aliphatic carbocycles. The molecule has 1 heterocycles. The number of hydrogen-bond donors (Lipinski definition) is 2. The Morgan fingerprint density at radius 2 is 2.29 bits per heavy atom. The molecule has 17 heavy (non-hydrogen) atoms. The van der Waals surface area contributed by atoms with Gasteiger partial charge >= 0.3 is 5.97 Å². The molecule has 0 aromatic rings. The van der Waals surface area contributed by atoms with Crippen LogP contribution in [0.25, 0.3) is 0 Å². The van der Waals surface area contributed by atoms with E-state index in [1.54, 1.807) is 6.92 Å². The van der Waals surface area contributed by atoms with Gasteiger partial charge in [0.2, 0.25) is 5.91 Å². The SMILES string of the molecule is CCOC(=O)C(N)C(=O)NC1CCCN(C)C1. The summed E-state index contributed by atoms with van der Waals surface area (Å²) in [5.74, 6) is -1.13. The standard InChI is InChI=1S/C11H21N3O3/c1-3-17-11(16)9(12)10(15)13-8-5-4-6-14(2)7-8/h8-9H,3-7,12H2,1-2H3,(H,13,15). The van der Waals surface area contributed by atoms with Crippen LogP contribution in [-0.4, -0.2) is 55.6 Å². The van der Waals surface area contributed by atoms with E-state index in [9.17, 15) is 9.59 Å². The first-order chi connectivity index (χ1) is 8.04. The van der Waals surface area contributed by atoms with E-state index in [0.29, 0.717) is 0 Å². The molecule has 2 atom stereocenters. The Hall–Kier alpha value is -1.14. The van der Waals surface area contributed by atoms with E-state index in [4.69, 9.17) is 10.5 Å². The maximum atomic E-state index is 11.7. The molecule has 1 aliphatic rings. The zero-order chi connectivity index (χ0) is 12.8. The quantitative estimate of drug-likeness (QED) is 0.493. The Balaban J connectivity index is 2.39. The third-order valence-electron chi connectivity index (χ3n) is 2.79. The van der Waals surface area contributed by atoms with Gasteiger partial charge in [0.1, 0.15) is 0 Å². The van der Waals surface area contributed by atoms with Crippen molar-refractivity contribution in [2.75, 3.05) is 26.7 Å². The number of amides is 1. The zero-order valence-electron chi connectivity index (χ0n) is 10.4. The first-order valence-corrected chi connectivity index (χ1v) is 5.95. The Labute approximate surface area is 101 Å². The van der Waals surface area contributed by atoms with Crippen LogP contribution >= 0.6 is 0 Å². The normalized spacial score (nSPS) is 22.9. The Kier molecular flexibility index (Phi) is 5.37. The van der Waals surface area contributed by atoms with Gasteiger partial charge in [-0.1, -0.05) is 0 Å². The molecule has 1 saturated heterocycles. The average molecular weight is 243 g/mol. The van der Waals surface area contributed by atoms with Crippen LogP contribution in [0, 0.1) is 0 Å². The number of nitrogens with zero attached hydrogens (tertiary/aromatic N) is 1. The van der Waals surface area contributed by atoms with Crippen LogP contribution in [0.5, 0.6) is 0 Å². The summed E-state index contributed by atoms with van der Waals surface area (Å²) in [5.41, 5.74) is 5.50. The molecule has 2 unspecified atom stereocenters. The molecule has 0 spiro atoms. The van der Waals surface area contributed by atoms with Crippen molar-refractivity contribution in [1.82, 2.24) is 10.2 Å². The highest BCUT2D eigenvalue weighted by atomic mass is 16.5. The van der Waals surface area contributed by atoms with E-state index >= 15 is 0 Å². The van der Waals surface area contributed by atoms with Crippen LogP contribution in [0.15, 0.2) is 0 Å². The molecular weight excluding hydrogens is 222 g/mol. The highest BCUT2D eigenvalue weighted by molar-refractivity contribution is 6.01. The largest absolute Gasteiger partial charge is 0.464 e. The second kappa shape index (κ2) is 6.56. The summed E-state index contributed by atoms with van der Waals surface area (Å²) in [5, 5.41) is 2.78. The van der Waals surface area contributed by atoms with Crippen molar-refractivity contribution >= 4 is 11.9 Å². The number of ether oxygens (including phenoxy) is 1. The molecule has 0 bridgehead atoms. The summed E-state index contributed by atoms with van der Waals surface area (Å²) in [4.78, 5) is 25.1. The van der Waals surface area contributed by atoms with Crippen molar-refractivity contribution in [3.05, 3.63) is 0 Å². The zero-order valence-corrected chi connectivity index (χ0v) is 10.4. The first kappa shape index (κ1) is 13.9. The van der Waals surface area contributed by atoms with Gasteiger partial charge < -0.3 is 20.7 Å². The molecule has 6 heteroatoms. The number of carbonyl (C=O) groups is 2. The second-order valence-corrected chi connectivity index (χ2v) is 4.34. The predicted molar refractivity (Wildman–Crippen MR) is 63.3 cm³/mol. The number of esters is 1. The lowest BCUT2D eigenvalue weighted by atomic mass is 10.1. The first-order valence-electron chi connectivity index (χ1n) is 5.95. The molecule has 1 fully saturated rings. The number of rotatable bonds is 4. The molecular formula is C11H21N3O3. The number of carbonyl (C=O) groups excluding carboxylic acids is 2. The smallest absolute Gasteiger partial charge is 0.332 e. The Morgan fingerprint density at radius 1 is 1.59 bits per heavy atom. The van der Waals surface area contributed by atoms with Crippen LogP contribution in [-0.2, 0) is 14.3 Å². The molecule has 1 aliphatic heterocycles. The minimum atomic E-state index is -1.22. The van der Waals surface area contributed by atoms with Crippen molar-refractivity contribution in [3.8, 4) is 0 Å². The number of nitrogens with two attached hydrogens (primary N) is 1. The average Bonchev–Trinajstić information content (AvgIpc) is 2.28. The number of hydrogen-bond acceptors (Lipinski definition) is 5. The predicted octanol–water partition coefficient (Wildman–Crippen LogP) is -0.913. The van der Waals surface area contributed by atoms with Crippen molar-refractivity contribution in [3.63, 3.8) is 0 Å². The fourth-order valence-electron chi connectivity index (χ4n) is 1.91. The maximum absolute atomic E-state index is 11.7. The van der Waals surface area contributed by atoms with Crippen LogP contribution in [0.4, 0.5) is 0 Å². The fraction of sp³-hybridized carbons (Fsp3) is 0.818. The molecule has 98 valence electrons. The lowest BCUT2D eigenvalue weighted by Crippen LogP contribution is -2.53. The molecule has 6 nitrogen and oxygen atoms in total. The van der Waals surface area contributed by atoms with Crippen molar-refractivity contribution in [1.29, 1.82) is 0 Å². The topological polar surface area (TPSA) is 84.7 Å². The minimum Gasteiger partial charge on any atom is -0.464 e. The lowest BCUT2D eigenvalue weighted by Gasteiger charge is -2.30. The number of likely N-dealkylation sites (tertiary alicyclic amines) is 1. The highest BCUT2D eigenvalue weighted by Crippen LogP contribution is 2.07. The monoisotopic (exact) mass is 243 g/mol. The van der Waals surface area contributed by atoms with Crippen molar-refractivity contribution in [2.24, 2.45) is 5.73 Å². The van der Waals surface area contributed by atoms with Gasteiger partial charge in [-0.15, -0.1) is 0 Å². The molecule has 3 N–H and O–H groups in total. The van der Waals surface area contributed by atoms with E-state index in [-0.39, 0.29) is 12.6 Å². The summed E-state index contributed by atoms with van der Waals surface area (Å²) in [6.45, 7) is 3.74. The summed E-state index contributed by atoms with van der Waals surface area (Å²) >= 11 is 0. The summed E-state index contributed by atoms with van der Waals surface area (Å²) in [6, 6.07) is -1.15. The van der Waals surface area contributed by atoms with E-state index in [0.717, 1.165) is 25.9 Å². The molecule has 0 aromatic carbocycles. The van der Waals surface area contributed by atoms with Gasteiger partial charge in [0, 0.05) is 12.6 Å². The van der Waals surface area contributed by atoms with Crippen LogP contribution in [0.1, 0.15) is 19.8 Å². The summed E-state index contributed by atoms with van der Waals surface area (Å²) in [7, 11) is 2.00. The lowest BCUT2D eigenvalue weighted by molar-refractivity contribution is -0.148. The summed E-state index contributed by atoms with van der Waals surface area (Å²) in [6.07, 6.45) is 1.96. The molecule has 1 rings (SSSR count). The van der Waals surface area contributed by atoms with Gasteiger partial charge in [-0.05, 0) is 33.4 Å². The third-order valence-corrected chi connectivity index (χ3v) is 2.79. The van der Waals surface area contributed by atoms with Gasteiger partial charge in [0.15, 0.2) is 6.04 Å². The summed E-state index contributed by atoms with van der Waals surface area (Å²) < 4.78 is 4.70. The van der Waals surface area contributed by atoms with E-state index in [1.165, 1.54) is 0 Å². The van der Waals surface area contributed by atoms with E-state index in [1.807, 2.05) is 7.05 Å². The van der Waals surface area contributed by atoms with Crippen LogP contribution in [0.3, 0.4) is 0 Å². The maximum Gasteiger partial charge on any atom is 0.332 e. The van der Waals surface area contributed by atoms with E-state index in [2.05, 4.69) is 10.2 Å². The number of piperidine rings is 1. The molecule has 0 aromatic heterocycles. The van der Waals surface area contributed by atoms with Gasteiger partial charge in [0.05, 0.1) is 6.61 Å². The Bertz CT molecular complexity index is 283. The third kappa shape index (κ3) is 4.32. The fourth-order valence-corrected chi connectivity index (χ4v) is 1.91. The number of likely N-dealkylation sites (N-methyl/N-ethyl adjacent to an activating group) is 1. The van der Waals surface area contributed by atoms with Gasteiger partial charge in [-0.2, -0.15) is 0 Å². The second-order valence-electron chi connectivity index (χ2n) is 4.34. The van der Waals surface area contributed by atoms with Gasteiger partial charge in [-0.25, -0.2) is 4.79 Å². The van der Waals surface area contributed by atoms with Crippen molar-refractivity contribution in [2.45, 2.75) is 31.8 Å². The Morgan fingerprint density at radius 3 is 2.88 bits per heavy atom. The minimum absolute atomic E-state index is 0.0710. The molecule has 0 radical (unpaired) electrons. The van der Waals surface area contributed by atoms with Crippen molar-refractivity contribution < 1.29 is 14.3 Å². The van der Waals surface area contributed by atoms with Crippen LogP contribution in [0.2, 0.25) is 0 Å². The molecule has 0 saturated carbocycles. The number of nitrogens with one attached hydrogen (secondary N) is 1. The molecule has 1 amide bonds. The van der Waals surface area contributed by atoms with Crippen LogP contribution < -0.4 is 11.1 Å². The van der Waals surface area contributed by atoms with Gasteiger partial charge in [-0.3, -0.25) is 4.79 Å². The van der Waals surface area contributed by atoms with Gasteiger partial charge in [0.25, 0.3) is 0 Å². The van der Waals surface area contributed by atoms with E-state index < -0.39 is 17.9 Å².